The van der Waals surface area contributed by atoms with Gasteiger partial charge in [-0.2, -0.15) is 0 Å². The molecule has 1 rings (SSSR count). The van der Waals surface area contributed by atoms with Crippen molar-refractivity contribution in [2.24, 2.45) is 10.4 Å². The average Bonchev–Trinajstić information content (AvgIpc) is 2.47. The SMILES string of the molecule is CN=C(NCCNC(=O)C(C)(C)C)NCc1ccc(Cl)cc1. The summed E-state index contributed by atoms with van der Waals surface area (Å²) < 4.78 is 0. The molecule has 0 spiro atoms. The zero-order chi connectivity index (χ0) is 16.6. The van der Waals surface area contributed by atoms with Crippen molar-refractivity contribution in [3.63, 3.8) is 0 Å². The van der Waals surface area contributed by atoms with Crippen LogP contribution in [0.2, 0.25) is 5.02 Å². The van der Waals surface area contributed by atoms with Gasteiger partial charge in [0.05, 0.1) is 0 Å². The van der Waals surface area contributed by atoms with Crippen LogP contribution in [-0.2, 0) is 11.3 Å². The third kappa shape index (κ3) is 6.80. The standard InChI is InChI=1S/C16H25ClN4O/c1-16(2,3)14(22)19-9-10-20-15(18-4)21-11-12-5-7-13(17)8-6-12/h5-8H,9-11H2,1-4H3,(H,19,22)(H2,18,20,21). The van der Waals surface area contributed by atoms with Crippen molar-refractivity contribution in [2.75, 3.05) is 20.1 Å². The smallest absolute Gasteiger partial charge is 0.225 e. The predicted molar refractivity (Wildman–Crippen MR) is 92.1 cm³/mol. The summed E-state index contributed by atoms with van der Waals surface area (Å²) in [4.78, 5) is 15.9. The van der Waals surface area contributed by atoms with Gasteiger partial charge >= 0.3 is 0 Å². The molecule has 0 fully saturated rings. The molecule has 0 aromatic heterocycles. The van der Waals surface area contributed by atoms with Crippen LogP contribution >= 0.6 is 11.6 Å². The van der Waals surface area contributed by atoms with E-state index in [9.17, 15) is 4.79 Å². The van der Waals surface area contributed by atoms with Crippen molar-refractivity contribution < 1.29 is 4.79 Å². The van der Waals surface area contributed by atoms with Gasteiger partial charge in [0.15, 0.2) is 5.96 Å². The minimum Gasteiger partial charge on any atom is -0.355 e. The van der Waals surface area contributed by atoms with Crippen molar-refractivity contribution >= 4 is 23.5 Å². The van der Waals surface area contributed by atoms with Gasteiger partial charge in [-0.3, -0.25) is 9.79 Å². The Morgan fingerprint density at radius 3 is 2.23 bits per heavy atom. The van der Waals surface area contributed by atoms with Gasteiger partial charge in [0.2, 0.25) is 5.91 Å². The Labute approximate surface area is 137 Å². The van der Waals surface area contributed by atoms with Gasteiger partial charge in [0.1, 0.15) is 0 Å². The molecule has 0 radical (unpaired) electrons. The van der Waals surface area contributed by atoms with E-state index in [4.69, 9.17) is 11.6 Å². The highest BCUT2D eigenvalue weighted by Gasteiger charge is 2.20. The van der Waals surface area contributed by atoms with Gasteiger partial charge in [0, 0.05) is 37.1 Å². The first-order chi connectivity index (χ1) is 10.3. The molecule has 3 N–H and O–H groups in total. The molecular formula is C16H25ClN4O. The molecule has 0 unspecified atom stereocenters. The minimum absolute atomic E-state index is 0.0402. The summed E-state index contributed by atoms with van der Waals surface area (Å²) in [5, 5.41) is 9.97. The number of hydrogen-bond acceptors (Lipinski definition) is 2. The van der Waals surface area contributed by atoms with E-state index in [-0.39, 0.29) is 11.3 Å². The van der Waals surface area contributed by atoms with Gasteiger partial charge in [0.25, 0.3) is 0 Å². The highest BCUT2D eigenvalue weighted by atomic mass is 35.5. The summed E-state index contributed by atoms with van der Waals surface area (Å²) >= 11 is 5.85. The first-order valence-electron chi connectivity index (χ1n) is 7.30. The Kier molecular flexibility index (Phi) is 7.18. The zero-order valence-electron chi connectivity index (χ0n) is 13.7. The van der Waals surface area contributed by atoms with Gasteiger partial charge < -0.3 is 16.0 Å². The average molecular weight is 325 g/mol. The Hall–Kier alpha value is -1.75. The molecule has 0 saturated heterocycles. The molecular weight excluding hydrogens is 300 g/mol. The molecule has 122 valence electrons. The second kappa shape index (κ2) is 8.63. The molecule has 1 aromatic rings. The van der Waals surface area contributed by atoms with E-state index in [1.807, 2.05) is 45.0 Å². The van der Waals surface area contributed by atoms with E-state index in [0.29, 0.717) is 25.6 Å². The molecule has 5 nitrogen and oxygen atoms in total. The summed E-state index contributed by atoms with van der Waals surface area (Å²) in [6, 6.07) is 7.64. The Bertz CT molecular complexity index is 506. The number of hydrogen-bond donors (Lipinski definition) is 3. The monoisotopic (exact) mass is 324 g/mol. The molecule has 0 bridgehead atoms. The molecule has 0 aliphatic carbocycles. The van der Waals surface area contributed by atoms with Gasteiger partial charge in [-0.25, -0.2) is 0 Å². The molecule has 1 aromatic carbocycles. The Morgan fingerprint density at radius 1 is 1.09 bits per heavy atom. The van der Waals surface area contributed by atoms with Crippen molar-refractivity contribution in [1.29, 1.82) is 0 Å². The molecule has 22 heavy (non-hydrogen) atoms. The van der Waals surface area contributed by atoms with Gasteiger partial charge in [-0.15, -0.1) is 0 Å². The van der Waals surface area contributed by atoms with E-state index >= 15 is 0 Å². The van der Waals surface area contributed by atoms with Crippen LogP contribution in [-0.4, -0.2) is 32.0 Å². The molecule has 0 saturated carbocycles. The summed E-state index contributed by atoms with van der Waals surface area (Å²) in [5.74, 6) is 0.735. The van der Waals surface area contributed by atoms with Crippen molar-refractivity contribution in [2.45, 2.75) is 27.3 Å². The Balaban J connectivity index is 2.28. The van der Waals surface area contributed by atoms with Crippen LogP contribution in [0.5, 0.6) is 0 Å². The lowest BCUT2D eigenvalue weighted by atomic mass is 9.96. The van der Waals surface area contributed by atoms with Crippen molar-refractivity contribution in [3.8, 4) is 0 Å². The maximum absolute atomic E-state index is 11.7. The Morgan fingerprint density at radius 2 is 1.68 bits per heavy atom. The third-order valence-corrected chi connectivity index (χ3v) is 3.23. The zero-order valence-corrected chi connectivity index (χ0v) is 14.4. The summed E-state index contributed by atoms with van der Waals surface area (Å²) in [6.07, 6.45) is 0. The minimum atomic E-state index is -0.367. The highest BCUT2D eigenvalue weighted by Crippen LogP contribution is 2.11. The number of benzene rings is 1. The van der Waals surface area contributed by atoms with Gasteiger partial charge in [-0.05, 0) is 17.7 Å². The summed E-state index contributed by atoms with van der Waals surface area (Å²) in [5.41, 5.74) is 0.752. The van der Waals surface area contributed by atoms with Crippen LogP contribution in [0.15, 0.2) is 29.3 Å². The normalized spacial score (nSPS) is 12.0. The van der Waals surface area contributed by atoms with Crippen LogP contribution in [0.3, 0.4) is 0 Å². The van der Waals surface area contributed by atoms with Crippen molar-refractivity contribution in [1.82, 2.24) is 16.0 Å². The van der Waals surface area contributed by atoms with E-state index in [2.05, 4.69) is 20.9 Å². The third-order valence-electron chi connectivity index (χ3n) is 2.98. The predicted octanol–water partition coefficient (Wildman–Crippen LogP) is 2.17. The van der Waals surface area contributed by atoms with Crippen LogP contribution in [0.25, 0.3) is 0 Å². The second-order valence-electron chi connectivity index (χ2n) is 5.98. The van der Waals surface area contributed by atoms with Crippen LogP contribution < -0.4 is 16.0 Å². The molecule has 6 heteroatoms. The lowest BCUT2D eigenvalue weighted by Crippen LogP contribution is -2.43. The second-order valence-corrected chi connectivity index (χ2v) is 6.42. The lowest BCUT2D eigenvalue weighted by molar-refractivity contribution is -0.128. The molecule has 0 aliphatic heterocycles. The number of aliphatic imine (C=N–C) groups is 1. The quantitative estimate of drug-likeness (QED) is 0.442. The van der Waals surface area contributed by atoms with Gasteiger partial charge in [-0.1, -0.05) is 44.5 Å². The number of carbonyl (C=O) groups excluding carboxylic acids is 1. The molecule has 0 atom stereocenters. The number of carbonyl (C=O) groups is 1. The number of nitrogens with one attached hydrogen (secondary N) is 3. The fourth-order valence-corrected chi connectivity index (χ4v) is 1.76. The van der Waals surface area contributed by atoms with E-state index in [0.717, 1.165) is 10.6 Å². The number of halogens is 1. The number of amides is 1. The fourth-order valence-electron chi connectivity index (χ4n) is 1.63. The van der Waals surface area contributed by atoms with Crippen LogP contribution in [0.1, 0.15) is 26.3 Å². The maximum Gasteiger partial charge on any atom is 0.225 e. The highest BCUT2D eigenvalue weighted by molar-refractivity contribution is 6.30. The molecule has 0 aliphatic rings. The van der Waals surface area contributed by atoms with Crippen LogP contribution in [0.4, 0.5) is 0 Å². The van der Waals surface area contributed by atoms with Crippen LogP contribution in [0, 0.1) is 5.41 Å². The largest absolute Gasteiger partial charge is 0.355 e. The van der Waals surface area contributed by atoms with E-state index in [1.165, 1.54) is 0 Å². The van der Waals surface area contributed by atoms with E-state index < -0.39 is 0 Å². The summed E-state index contributed by atoms with van der Waals surface area (Å²) in [7, 11) is 1.71. The number of nitrogens with zero attached hydrogens (tertiary/aromatic N) is 1. The topological polar surface area (TPSA) is 65.5 Å². The van der Waals surface area contributed by atoms with E-state index in [1.54, 1.807) is 7.05 Å². The molecule has 0 heterocycles. The number of rotatable bonds is 5. The summed E-state index contributed by atoms with van der Waals surface area (Å²) in [6.45, 7) is 7.50. The van der Waals surface area contributed by atoms with Crippen molar-refractivity contribution in [3.05, 3.63) is 34.9 Å². The lowest BCUT2D eigenvalue weighted by Gasteiger charge is -2.18. The maximum atomic E-state index is 11.7. The first kappa shape index (κ1) is 18.3. The first-order valence-corrected chi connectivity index (χ1v) is 7.68. The molecule has 1 amide bonds. The fraction of sp³-hybridized carbons (Fsp3) is 0.500. The number of guanidine groups is 1.